The molecule has 3 nitrogen and oxygen atoms in total. The van der Waals surface area contributed by atoms with Crippen LogP contribution in [0.1, 0.15) is 25.3 Å². The summed E-state index contributed by atoms with van der Waals surface area (Å²) < 4.78 is 5.83. The quantitative estimate of drug-likeness (QED) is 0.892. The van der Waals surface area contributed by atoms with Crippen LogP contribution in [0.25, 0.3) is 0 Å². The van der Waals surface area contributed by atoms with E-state index >= 15 is 0 Å². The Kier molecular flexibility index (Phi) is 4.49. The highest BCUT2D eigenvalue weighted by Gasteiger charge is 2.32. The van der Waals surface area contributed by atoms with Gasteiger partial charge in [0.25, 0.3) is 0 Å². The standard InChI is InChI=1S/C14H20ClNO2/c1-3-4-14(17)16-8-12(9-16)18-11-5-6-13(15)10(2)7-11/h5-7,12,14,17H,3-4,8-9H2,1-2H3. The number of aryl methyl sites for hydroxylation is 1. The lowest BCUT2D eigenvalue weighted by Gasteiger charge is -2.41. The van der Waals surface area contributed by atoms with Gasteiger partial charge >= 0.3 is 0 Å². The van der Waals surface area contributed by atoms with Gasteiger partial charge in [0.2, 0.25) is 0 Å². The summed E-state index contributed by atoms with van der Waals surface area (Å²) in [5, 5.41) is 10.5. The molecule has 1 saturated heterocycles. The third-order valence-electron chi connectivity index (χ3n) is 3.28. The Morgan fingerprint density at radius 2 is 2.22 bits per heavy atom. The van der Waals surface area contributed by atoms with Gasteiger partial charge in [-0.15, -0.1) is 0 Å². The third-order valence-corrected chi connectivity index (χ3v) is 3.70. The topological polar surface area (TPSA) is 32.7 Å². The fourth-order valence-electron chi connectivity index (χ4n) is 2.11. The van der Waals surface area contributed by atoms with Gasteiger partial charge in [-0.3, -0.25) is 4.90 Å². The Balaban J connectivity index is 1.81. The van der Waals surface area contributed by atoms with E-state index in [1.807, 2.05) is 30.0 Å². The van der Waals surface area contributed by atoms with Gasteiger partial charge in [-0.2, -0.15) is 0 Å². The summed E-state index contributed by atoms with van der Waals surface area (Å²) >= 11 is 5.97. The Bertz CT molecular complexity index is 405. The van der Waals surface area contributed by atoms with Gasteiger partial charge in [-0.05, 0) is 37.1 Å². The van der Waals surface area contributed by atoms with Crippen molar-refractivity contribution in [1.82, 2.24) is 4.90 Å². The fourth-order valence-corrected chi connectivity index (χ4v) is 2.23. The molecular formula is C14H20ClNO2. The predicted octanol–water partition coefficient (Wildman–Crippen LogP) is 2.83. The number of benzene rings is 1. The number of hydrogen-bond donors (Lipinski definition) is 1. The molecule has 1 fully saturated rings. The van der Waals surface area contributed by atoms with Gasteiger partial charge in [0.1, 0.15) is 18.1 Å². The zero-order valence-corrected chi connectivity index (χ0v) is 11.7. The monoisotopic (exact) mass is 269 g/mol. The van der Waals surface area contributed by atoms with E-state index in [4.69, 9.17) is 16.3 Å². The van der Waals surface area contributed by atoms with Gasteiger partial charge in [0, 0.05) is 18.1 Å². The van der Waals surface area contributed by atoms with Crippen LogP contribution in [0.5, 0.6) is 5.75 Å². The van der Waals surface area contributed by atoms with Crippen LogP contribution in [-0.4, -0.2) is 35.4 Å². The second-order valence-corrected chi connectivity index (χ2v) is 5.28. The molecule has 0 aromatic heterocycles. The van der Waals surface area contributed by atoms with Crippen molar-refractivity contribution in [2.24, 2.45) is 0 Å². The first-order valence-corrected chi connectivity index (χ1v) is 6.83. The molecule has 1 aromatic carbocycles. The van der Waals surface area contributed by atoms with Crippen LogP contribution in [0.4, 0.5) is 0 Å². The SMILES string of the molecule is CCCC(O)N1CC(Oc2ccc(Cl)c(C)c2)C1. The van der Waals surface area contributed by atoms with E-state index < -0.39 is 0 Å². The summed E-state index contributed by atoms with van der Waals surface area (Å²) in [6.45, 7) is 5.63. The lowest BCUT2D eigenvalue weighted by atomic mass is 10.1. The molecule has 1 aliphatic rings. The second-order valence-electron chi connectivity index (χ2n) is 4.87. The Morgan fingerprint density at radius 1 is 1.50 bits per heavy atom. The summed E-state index contributed by atoms with van der Waals surface area (Å²) in [6.07, 6.45) is 1.69. The van der Waals surface area contributed by atoms with E-state index in [0.717, 1.165) is 42.3 Å². The molecule has 2 rings (SSSR count). The van der Waals surface area contributed by atoms with Crippen LogP contribution < -0.4 is 4.74 Å². The van der Waals surface area contributed by atoms with Crippen LogP contribution in [0.15, 0.2) is 18.2 Å². The minimum absolute atomic E-state index is 0.178. The van der Waals surface area contributed by atoms with Crippen molar-refractivity contribution < 1.29 is 9.84 Å². The molecule has 1 N–H and O–H groups in total. The predicted molar refractivity (Wildman–Crippen MR) is 73.1 cm³/mol. The van der Waals surface area contributed by atoms with Crippen molar-refractivity contribution in [1.29, 1.82) is 0 Å². The molecule has 1 unspecified atom stereocenters. The second kappa shape index (κ2) is 5.91. The molecule has 0 amide bonds. The van der Waals surface area contributed by atoms with Gasteiger partial charge < -0.3 is 9.84 Å². The van der Waals surface area contributed by atoms with Crippen LogP contribution in [0, 0.1) is 6.92 Å². The fraction of sp³-hybridized carbons (Fsp3) is 0.571. The Hall–Kier alpha value is -0.770. The molecular weight excluding hydrogens is 250 g/mol. The van der Waals surface area contributed by atoms with Crippen LogP contribution in [0.3, 0.4) is 0 Å². The van der Waals surface area contributed by atoms with Gasteiger partial charge in [-0.1, -0.05) is 24.9 Å². The number of hydrogen-bond acceptors (Lipinski definition) is 3. The molecule has 0 radical (unpaired) electrons. The maximum absolute atomic E-state index is 9.79. The van der Waals surface area contributed by atoms with Crippen LogP contribution in [-0.2, 0) is 0 Å². The molecule has 0 saturated carbocycles. The van der Waals surface area contributed by atoms with Crippen molar-refractivity contribution in [2.75, 3.05) is 13.1 Å². The van der Waals surface area contributed by atoms with E-state index in [9.17, 15) is 5.11 Å². The van der Waals surface area contributed by atoms with Crippen molar-refractivity contribution >= 4 is 11.6 Å². The van der Waals surface area contributed by atoms with Gasteiger partial charge in [0.05, 0.1) is 0 Å². The smallest absolute Gasteiger partial charge is 0.124 e. The summed E-state index contributed by atoms with van der Waals surface area (Å²) in [5.74, 6) is 0.853. The van der Waals surface area contributed by atoms with Gasteiger partial charge in [0.15, 0.2) is 0 Å². The lowest BCUT2D eigenvalue weighted by Crippen LogP contribution is -2.57. The normalized spacial score (nSPS) is 18.4. The summed E-state index contributed by atoms with van der Waals surface area (Å²) in [4.78, 5) is 2.04. The Labute approximate surface area is 113 Å². The highest BCUT2D eigenvalue weighted by Crippen LogP contribution is 2.24. The maximum Gasteiger partial charge on any atom is 0.124 e. The Morgan fingerprint density at radius 3 is 2.83 bits per heavy atom. The van der Waals surface area contributed by atoms with E-state index in [2.05, 4.69) is 6.92 Å². The first-order valence-electron chi connectivity index (χ1n) is 6.45. The van der Waals surface area contributed by atoms with E-state index in [-0.39, 0.29) is 12.3 Å². The highest BCUT2D eigenvalue weighted by atomic mass is 35.5. The van der Waals surface area contributed by atoms with E-state index in [1.54, 1.807) is 0 Å². The number of halogens is 1. The average Bonchev–Trinajstić information content (AvgIpc) is 2.28. The molecule has 0 spiro atoms. The minimum Gasteiger partial charge on any atom is -0.488 e. The summed E-state index contributed by atoms with van der Waals surface area (Å²) in [5.41, 5.74) is 1.02. The summed E-state index contributed by atoms with van der Waals surface area (Å²) in [7, 11) is 0. The van der Waals surface area contributed by atoms with Gasteiger partial charge in [-0.25, -0.2) is 0 Å². The van der Waals surface area contributed by atoms with E-state index in [0.29, 0.717) is 0 Å². The lowest BCUT2D eigenvalue weighted by molar-refractivity contribution is -0.0928. The summed E-state index contributed by atoms with van der Waals surface area (Å²) in [6, 6.07) is 5.70. The highest BCUT2D eigenvalue weighted by molar-refractivity contribution is 6.31. The molecule has 0 bridgehead atoms. The number of nitrogens with zero attached hydrogens (tertiary/aromatic N) is 1. The van der Waals surface area contributed by atoms with Crippen LogP contribution >= 0.6 is 11.6 Å². The molecule has 18 heavy (non-hydrogen) atoms. The number of likely N-dealkylation sites (tertiary alicyclic amines) is 1. The van der Waals surface area contributed by atoms with Crippen molar-refractivity contribution in [3.8, 4) is 5.75 Å². The zero-order valence-electron chi connectivity index (χ0n) is 10.9. The first-order chi connectivity index (χ1) is 8.60. The first kappa shape index (κ1) is 13.7. The zero-order chi connectivity index (χ0) is 13.1. The number of aliphatic hydroxyl groups excluding tert-OH is 1. The number of ether oxygens (including phenoxy) is 1. The third kappa shape index (κ3) is 3.16. The van der Waals surface area contributed by atoms with Crippen molar-refractivity contribution in [3.05, 3.63) is 28.8 Å². The number of rotatable bonds is 5. The van der Waals surface area contributed by atoms with Crippen molar-refractivity contribution in [3.63, 3.8) is 0 Å². The number of aliphatic hydroxyl groups is 1. The molecule has 1 aromatic rings. The molecule has 100 valence electrons. The minimum atomic E-state index is -0.318. The molecule has 1 heterocycles. The molecule has 1 aliphatic heterocycles. The maximum atomic E-state index is 9.79. The van der Waals surface area contributed by atoms with Crippen molar-refractivity contribution in [2.45, 2.75) is 39.0 Å². The molecule has 4 heteroatoms. The largest absolute Gasteiger partial charge is 0.488 e. The molecule has 0 aliphatic carbocycles. The average molecular weight is 270 g/mol. The molecule has 1 atom stereocenters. The van der Waals surface area contributed by atoms with E-state index in [1.165, 1.54) is 0 Å². The van der Waals surface area contributed by atoms with Crippen LogP contribution in [0.2, 0.25) is 5.02 Å².